The van der Waals surface area contributed by atoms with Gasteiger partial charge in [0.15, 0.2) is 11.5 Å². The van der Waals surface area contributed by atoms with Gasteiger partial charge in [0, 0.05) is 17.2 Å². The molecule has 0 fully saturated rings. The largest absolute Gasteiger partial charge is 0.337 e. The first kappa shape index (κ1) is 16.2. The van der Waals surface area contributed by atoms with Crippen LogP contribution in [-0.2, 0) is 6.54 Å². The number of hydrogen-bond donors (Lipinski definition) is 2. The Morgan fingerprint density at radius 1 is 1.20 bits per heavy atom. The number of imidazole rings is 1. The molecule has 0 saturated heterocycles. The molecular weight excluding hydrogens is 380 g/mol. The summed E-state index contributed by atoms with van der Waals surface area (Å²) in [4.78, 5) is 15.0. The van der Waals surface area contributed by atoms with Gasteiger partial charge in [-0.25, -0.2) is 9.97 Å². The average molecular weight is 399 g/mol. The van der Waals surface area contributed by atoms with Crippen molar-refractivity contribution in [3.8, 4) is 11.5 Å². The molecule has 128 valence electrons. The molecule has 0 aliphatic rings. The Bertz CT molecular complexity index is 1030. The fourth-order valence-corrected chi connectivity index (χ4v) is 3.41. The van der Waals surface area contributed by atoms with Crippen LogP contribution in [0, 0.1) is 0 Å². The monoisotopic (exact) mass is 398 g/mol. The Balaban J connectivity index is 1.82. The van der Waals surface area contributed by atoms with Gasteiger partial charge in [-0.2, -0.15) is 5.10 Å². The molecule has 0 saturated carbocycles. The first-order chi connectivity index (χ1) is 12.2. The lowest BCUT2D eigenvalue weighted by atomic mass is 10.1. The number of pyridine rings is 1. The SMILES string of the molecule is CCN(CC)Cc1cccc2[nH]c(-c3n[nH]c4ncc(Br)cc34)nc12. The molecule has 3 aromatic heterocycles. The minimum Gasteiger partial charge on any atom is -0.337 e. The van der Waals surface area contributed by atoms with E-state index in [4.69, 9.17) is 4.98 Å². The van der Waals surface area contributed by atoms with Gasteiger partial charge in [-0.15, -0.1) is 0 Å². The Kier molecular flexibility index (Phi) is 4.27. The van der Waals surface area contributed by atoms with Crippen LogP contribution in [0.2, 0.25) is 0 Å². The molecule has 0 aliphatic heterocycles. The molecular formula is C18H19BrN6. The van der Waals surface area contributed by atoms with Crippen LogP contribution in [0.15, 0.2) is 34.9 Å². The van der Waals surface area contributed by atoms with E-state index in [-0.39, 0.29) is 0 Å². The normalized spacial score (nSPS) is 11.8. The van der Waals surface area contributed by atoms with Crippen molar-refractivity contribution in [2.75, 3.05) is 13.1 Å². The van der Waals surface area contributed by atoms with Gasteiger partial charge in [-0.1, -0.05) is 26.0 Å². The molecule has 0 spiro atoms. The first-order valence-electron chi connectivity index (χ1n) is 8.39. The van der Waals surface area contributed by atoms with Crippen molar-refractivity contribution >= 4 is 38.0 Å². The van der Waals surface area contributed by atoms with E-state index in [9.17, 15) is 0 Å². The van der Waals surface area contributed by atoms with Crippen molar-refractivity contribution in [3.05, 3.63) is 40.5 Å². The van der Waals surface area contributed by atoms with Gasteiger partial charge >= 0.3 is 0 Å². The smallest absolute Gasteiger partial charge is 0.159 e. The van der Waals surface area contributed by atoms with E-state index in [1.165, 1.54) is 5.56 Å². The second-order valence-electron chi connectivity index (χ2n) is 5.98. The Hall–Kier alpha value is -2.25. The maximum atomic E-state index is 4.85. The zero-order valence-corrected chi connectivity index (χ0v) is 15.8. The minimum absolute atomic E-state index is 0.752. The highest BCUT2D eigenvalue weighted by molar-refractivity contribution is 9.10. The molecule has 2 N–H and O–H groups in total. The van der Waals surface area contributed by atoms with Crippen molar-refractivity contribution < 1.29 is 0 Å². The van der Waals surface area contributed by atoms with Gasteiger partial charge in [-0.3, -0.25) is 10.00 Å². The molecule has 0 radical (unpaired) electrons. The molecule has 0 amide bonds. The standard InChI is InChI=1S/C18H19BrN6/c1-3-25(4-2)10-11-6-5-7-14-15(11)22-18(21-14)16-13-8-12(19)9-20-17(13)24-23-16/h5-9H,3-4,10H2,1-2H3,(H,21,22)(H,20,23,24). The van der Waals surface area contributed by atoms with Gasteiger partial charge in [0.1, 0.15) is 5.69 Å². The van der Waals surface area contributed by atoms with Crippen molar-refractivity contribution in [1.29, 1.82) is 0 Å². The van der Waals surface area contributed by atoms with Gasteiger partial charge in [0.25, 0.3) is 0 Å². The van der Waals surface area contributed by atoms with E-state index >= 15 is 0 Å². The number of nitrogens with zero attached hydrogens (tertiary/aromatic N) is 4. The predicted octanol–water partition coefficient (Wildman–Crippen LogP) is 4.11. The number of rotatable bonds is 5. The van der Waals surface area contributed by atoms with Crippen LogP contribution >= 0.6 is 15.9 Å². The lowest BCUT2D eigenvalue weighted by molar-refractivity contribution is 0.297. The second-order valence-corrected chi connectivity index (χ2v) is 6.90. The van der Waals surface area contributed by atoms with Crippen LogP contribution in [0.25, 0.3) is 33.6 Å². The molecule has 0 aliphatic carbocycles. The summed E-state index contributed by atoms with van der Waals surface area (Å²) in [6.45, 7) is 7.30. The summed E-state index contributed by atoms with van der Waals surface area (Å²) in [6.07, 6.45) is 1.76. The van der Waals surface area contributed by atoms with Gasteiger partial charge in [-0.05, 0) is 46.7 Å². The summed E-state index contributed by atoms with van der Waals surface area (Å²) in [6, 6.07) is 8.28. The number of H-pyrrole nitrogens is 2. The average Bonchev–Trinajstić information content (AvgIpc) is 3.23. The van der Waals surface area contributed by atoms with Crippen molar-refractivity contribution in [2.45, 2.75) is 20.4 Å². The highest BCUT2D eigenvalue weighted by Crippen LogP contribution is 2.28. The fraction of sp³-hybridized carbons (Fsp3) is 0.278. The number of halogens is 1. The molecule has 6 nitrogen and oxygen atoms in total. The molecule has 0 bridgehead atoms. The number of para-hydroxylation sites is 1. The molecule has 7 heteroatoms. The van der Waals surface area contributed by atoms with E-state index in [2.05, 4.69) is 73.0 Å². The summed E-state index contributed by atoms with van der Waals surface area (Å²) < 4.78 is 0.918. The third kappa shape index (κ3) is 2.94. The number of hydrogen-bond acceptors (Lipinski definition) is 4. The summed E-state index contributed by atoms with van der Waals surface area (Å²) >= 11 is 3.47. The molecule has 0 unspecified atom stereocenters. The molecule has 4 rings (SSSR count). The van der Waals surface area contributed by atoms with Gasteiger partial charge in [0.05, 0.1) is 16.4 Å². The minimum atomic E-state index is 0.752. The Morgan fingerprint density at radius 2 is 2.04 bits per heavy atom. The zero-order chi connectivity index (χ0) is 17.4. The zero-order valence-electron chi connectivity index (χ0n) is 14.2. The molecule has 3 heterocycles. The van der Waals surface area contributed by atoms with E-state index < -0.39 is 0 Å². The molecule has 0 atom stereocenters. The van der Waals surface area contributed by atoms with Crippen LogP contribution in [0.4, 0.5) is 0 Å². The quantitative estimate of drug-likeness (QED) is 0.530. The lowest BCUT2D eigenvalue weighted by Crippen LogP contribution is -2.22. The fourth-order valence-electron chi connectivity index (χ4n) is 3.08. The van der Waals surface area contributed by atoms with Crippen LogP contribution < -0.4 is 0 Å². The maximum absolute atomic E-state index is 4.85. The Labute approximate surface area is 153 Å². The summed E-state index contributed by atoms with van der Waals surface area (Å²) in [5.41, 5.74) is 4.79. The third-order valence-electron chi connectivity index (χ3n) is 4.49. The number of nitrogens with one attached hydrogen (secondary N) is 2. The van der Waals surface area contributed by atoms with E-state index in [1.807, 2.05) is 6.07 Å². The number of benzene rings is 1. The topological polar surface area (TPSA) is 73.5 Å². The first-order valence-corrected chi connectivity index (χ1v) is 9.18. The van der Waals surface area contributed by atoms with Crippen LogP contribution in [-0.4, -0.2) is 43.1 Å². The number of aromatic amines is 2. The van der Waals surface area contributed by atoms with Crippen molar-refractivity contribution in [1.82, 2.24) is 30.0 Å². The van der Waals surface area contributed by atoms with Crippen LogP contribution in [0.3, 0.4) is 0 Å². The second kappa shape index (κ2) is 6.57. The third-order valence-corrected chi connectivity index (χ3v) is 4.93. The summed E-state index contributed by atoms with van der Waals surface area (Å²) in [5.74, 6) is 0.758. The maximum Gasteiger partial charge on any atom is 0.159 e. The lowest BCUT2D eigenvalue weighted by Gasteiger charge is -2.17. The van der Waals surface area contributed by atoms with E-state index in [1.54, 1.807) is 6.20 Å². The molecule has 25 heavy (non-hydrogen) atoms. The van der Waals surface area contributed by atoms with E-state index in [0.29, 0.717) is 0 Å². The Morgan fingerprint density at radius 3 is 2.84 bits per heavy atom. The van der Waals surface area contributed by atoms with E-state index in [0.717, 1.165) is 57.7 Å². The van der Waals surface area contributed by atoms with Crippen molar-refractivity contribution in [3.63, 3.8) is 0 Å². The van der Waals surface area contributed by atoms with Crippen molar-refractivity contribution in [2.24, 2.45) is 0 Å². The van der Waals surface area contributed by atoms with Gasteiger partial charge in [0.2, 0.25) is 0 Å². The molecule has 1 aromatic carbocycles. The van der Waals surface area contributed by atoms with Crippen LogP contribution in [0.1, 0.15) is 19.4 Å². The molecule has 4 aromatic rings. The number of fused-ring (bicyclic) bond motifs is 2. The summed E-state index contributed by atoms with van der Waals surface area (Å²) in [7, 11) is 0. The highest BCUT2D eigenvalue weighted by Gasteiger charge is 2.15. The van der Waals surface area contributed by atoms with Crippen LogP contribution in [0.5, 0.6) is 0 Å². The van der Waals surface area contributed by atoms with Gasteiger partial charge < -0.3 is 4.98 Å². The highest BCUT2D eigenvalue weighted by atomic mass is 79.9. The summed E-state index contributed by atoms with van der Waals surface area (Å²) in [5, 5.41) is 8.33. The predicted molar refractivity (Wildman–Crippen MR) is 103 cm³/mol. The number of aromatic nitrogens is 5.